The van der Waals surface area contributed by atoms with Crippen molar-refractivity contribution in [3.05, 3.63) is 16.4 Å². The number of carbonyl (C=O) groups excluding carboxylic acids is 1. The Balaban J connectivity index is 2.07. The van der Waals surface area contributed by atoms with E-state index in [0.717, 1.165) is 36.7 Å². The molecule has 1 fully saturated rings. The molecule has 2 rings (SSSR count). The summed E-state index contributed by atoms with van der Waals surface area (Å²) in [6, 6.07) is 0. The van der Waals surface area contributed by atoms with E-state index in [4.69, 9.17) is 5.73 Å². The zero-order chi connectivity index (χ0) is 12.4. The fourth-order valence-electron chi connectivity index (χ4n) is 2.54. The first-order valence-corrected chi connectivity index (χ1v) is 6.84. The van der Waals surface area contributed by atoms with Gasteiger partial charge in [-0.05, 0) is 54.1 Å². The highest BCUT2D eigenvalue weighted by atomic mass is 79.9. The molecule has 1 heterocycles. The lowest BCUT2D eigenvalue weighted by Gasteiger charge is -2.26. The van der Waals surface area contributed by atoms with Crippen molar-refractivity contribution < 1.29 is 4.79 Å². The molecule has 0 aromatic carbocycles. The second kappa shape index (κ2) is 5.31. The molecule has 0 spiro atoms. The molecule has 0 radical (unpaired) electrons. The Morgan fingerprint density at radius 2 is 2.18 bits per heavy atom. The number of hydrogen-bond donors (Lipinski definition) is 1. The van der Waals surface area contributed by atoms with Crippen LogP contribution < -0.4 is 5.73 Å². The Hall–Kier alpha value is -0.680. The maximum Gasteiger partial charge on any atom is 0.185 e. The van der Waals surface area contributed by atoms with Crippen molar-refractivity contribution in [3.8, 4) is 0 Å². The van der Waals surface area contributed by atoms with Gasteiger partial charge in [0, 0.05) is 13.0 Å². The zero-order valence-electron chi connectivity index (χ0n) is 10.0. The smallest absolute Gasteiger partial charge is 0.185 e. The van der Waals surface area contributed by atoms with Gasteiger partial charge in [-0.2, -0.15) is 5.10 Å². The molecule has 17 heavy (non-hydrogen) atoms. The standard InChI is InChI=1S/C12H18BrN3O/c1-16-11(10(13)7-15-16)12(17)9-4-2-8(6-14)3-5-9/h7-9H,2-6,14H2,1H3. The highest BCUT2D eigenvalue weighted by Gasteiger charge is 2.29. The number of nitrogens with zero attached hydrogens (tertiary/aromatic N) is 2. The molecule has 0 amide bonds. The van der Waals surface area contributed by atoms with Gasteiger partial charge in [-0.1, -0.05) is 0 Å². The van der Waals surface area contributed by atoms with E-state index in [9.17, 15) is 4.79 Å². The quantitative estimate of drug-likeness (QED) is 0.870. The first-order valence-electron chi connectivity index (χ1n) is 6.05. The van der Waals surface area contributed by atoms with Crippen LogP contribution in [0.3, 0.4) is 0 Å². The lowest BCUT2D eigenvalue weighted by Crippen LogP contribution is -2.27. The Morgan fingerprint density at radius 3 is 2.65 bits per heavy atom. The summed E-state index contributed by atoms with van der Waals surface area (Å²) in [6.07, 6.45) is 5.74. The molecule has 1 aromatic heterocycles. The molecular weight excluding hydrogens is 282 g/mol. The molecule has 5 heteroatoms. The number of Topliss-reactive ketones (excluding diaryl/α,β-unsaturated/α-hetero) is 1. The Morgan fingerprint density at radius 1 is 1.53 bits per heavy atom. The van der Waals surface area contributed by atoms with Crippen molar-refractivity contribution >= 4 is 21.7 Å². The van der Waals surface area contributed by atoms with Gasteiger partial charge in [-0.3, -0.25) is 9.48 Å². The molecule has 1 aliphatic rings. The molecule has 0 atom stereocenters. The van der Waals surface area contributed by atoms with Crippen LogP contribution in [0.1, 0.15) is 36.2 Å². The maximum absolute atomic E-state index is 12.4. The molecule has 1 aromatic rings. The number of halogens is 1. The minimum Gasteiger partial charge on any atom is -0.330 e. The highest BCUT2D eigenvalue weighted by molar-refractivity contribution is 9.10. The van der Waals surface area contributed by atoms with Gasteiger partial charge in [-0.15, -0.1) is 0 Å². The number of aryl methyl sites for hydroxylation is 1. The van der Waals surface area contributed by atoms with Crippen molar-refractivity contribution in [2.75, 3.05) is 6.54 Å². The average molecular weight is 300 g/mol. The summed E-state index contributed by atoms with van der Waals surface area (Å²) in [5.74, 6) is 0.964. The van der Waals surface area contributed by atoms with E-state index in [1.54, 1.807) is 10.9 Å². The van der Waals surface area contributed by atoms with Crippen molar-refractivity contribution in [1.82, 2.24) is 9.78 Å². The summed E-state index contributed by atoms with van der Waals surface area (Å²) >= 11 is 3.39. The molecule has 0 unspecified atom stereocenters. The van der Waals surface area contributed by atoms with Crippen molar-refractivity contribution in [1.29, 1.82) is 0 Å². The summed E-state index contributed by atoms with van der Waals surface area (Å²) in [7, 11) is 1.81. The van der Waals surface area contributed by atoms with E-state index in [1.165, 1.54) is 0 Å². The summed E-state index contributed by atoms with van der Waals surface area (Å²) in [4.78, 5) is 12.4. The molecule has 0 saturated heterocycles. The van der Waals surface area contributed by atoms with E-state index < -0.39 is 0 Å². The monoisotopic (exact) mass is 299 g/mol. The van der Waals surface area contributed by atoms with Crippen LogP contribution in [0, 0.1) is 11.8 Å². The van der Waals surface area contributed by atoms with Gasteiger partial charge >= 0.3 is 0 Å². The highest BCUT2D eigenvalue weighted by Crippen LogP contribution is 2.31. The Bertz CT molecular complexity index is 388. The van der Waals surface area contributed by atoms with Gasteiger partial charge in [0.15, 0.2) is 5.78 Å². The SMILES string of the molecule is Cn1ncc(Br)c1C(=O)C1CCC(CN)CC1. The van der Waals surface area contributed by atoms with Crippen molar-refractivity contribution in [2.24, 2.45) is 24.6 Å². The molecule has 1 saturated carbocycles. The zero-order valence-corrected chi connectivity index (χ0v) is 11.6. The maximum atomic E-state index is 12.4. The number of hydrogen-bond acceptors (Lipinski definition) is 3. The fourth-order valence-corrected chi connectivity index (χ4v) is 3.09. The normalized spacial score (nSPS) is 24.9. The number of rotatable bonds is 3. The van der Waals surface area contributed by atoms with E-state index in [-0.39, 0.29) is 11.7 Å². The van der Waals surface area contributed by atoms with E-state index in [2.05, 4.69) is 21.0 Å². The Labute approximate surface area is 110 Å². The average Bonchev–Trinajstić information content (AvgIpc) is 2.68. The van der Waals surface area contributed by atoms with Gasteiger partial charge in [0.05, 0.1) is 10.7 Å². The van der Waals surface area contributed by atoms with E-state index in [0.29, 0.717) is 11.6 Å². The van der Waals surface area contributed by atoms with E-state index in [1.807, 2.05) is 7.05 Å². The summed E-state index contributed by atoms with van der Waals surface area (Å²) in [6.45, 7) is 0.746. The van der Waals surface area contributed by atoms with Gasteiger partial charge in [0.2, 0.25) is 0 Å². The summed E-state index contributed by atoms with van der Waals surface area (Å²) in [5.41, 5.74) is 6.36. The summed E-state index contributed by atoms with van der Waals surface area (Å²) < 4.78 is 2.45. The third-order valence-corrected chi connectivity index (χ3v) is 4.26. The molecule has 94 valence electrons. The predicted molar refractivity (Wildman–Crippen MR) is 69.7 cm³/mol. The minimum absolute atomic E-state index is 0.143. The number of aromatic nitrogens is 2. The number of nitrogens with two attached hydrogens (primary N) is 1. The summed E-state index contributed by atoms with van der Waals surface area (Å²) in [5, 5.41) is 4.09. The predicted octanol–water partition coefficient (Wildman–Crippen LogP) is 2.13. The minimum atomic E-state index is 0.143. The molecular formula is C12H18BrN3O. The van der Waals surface area contributed by atoms with Crippen LogP contribution >= 0.6 is 15.9 Å². The van der Waals surface area contributed by atoms with Crippen LogP contribution in [0.5, 0.6) is 0 Å². The van der Waals surface area contributed by atoms with Gasteiger partial charge in [0.1, 0.15) is 5.69 Å². The van der Waals surface area contributed by atoms with E-state index >= 15 is 0 Å². The second-order valence-corrected chi connectivity index (χ2v) is 5.64. The van der Waals surface area contributed by atoms with Gasteiger partial charge in [-0.25, -0.2) is 0 Å². The molecule has 0 aliphatic heterocycles. The fraction of sp³-hybridized carbons (Fsp3) is 0.667. The van der Waals surface area contributed by atoms with Crippen LogP contribution in [0.25, 0.3) is 0 Å². The van der Waals surface area contributed by atoms with Crippen molar-refractivity contribution in [3.63, 3.8) is 0 Å². The third kappa shape index (κ3) is 2.60. The molecule has 2 N–H and O–H groups in total. The molecule has 0 bridgehead atoms. The first-order chi connectivity index (χ1) is 8.13. The third-order valence-electron chi connectivity index (χ3n) is 3.68. The second-order valence-electron chi connectivity index (χ2n) is 4.78. The Kier molecular flexibility index (Phi) is 3.99. The van der Waals surface area contributed by atoms with Gasteiger partial charge in [0.25, 0.3) is 0 Å². The number of ketones is 1. The van der Waals surface area contributed by atoms with Crippen LogP contribution in [0.4, 0.5) is 0 Å². The topological polar surface area (TPSA) is 60.9 Å². The van der Waals surface area contributed by atoms with Crippen LogP contribution in [-0.4, -0.2) is 22.1 Å². The van der Waals surface area contributed by atoms with Crippen LogP contribution in [-0.2, 0) is 7.05 Å². The lowest BCUT2D eigenvalue weighted by atomic mass is 9.79. The van der Waals surface area contributed by atoms with Gasteiger partial charge < -0.3 is 5.73 Å². The molecule has 4 nitrogen and oxygen atoms in total. The molecule has 1 aliphatic carbocycles. The number of carbonyl (C=O) groups is 1. The van der Waals surface area contributed by atoms with Crippen LogP contribution in [0.2, 0.25) is 0 Å². The first kappa shape index (κ1) is 12.8. The van der Waals surface area contributed by atoms with Crippen LogP contribution in [0.15, 0.2) is 10.7 Å². The largest absolute Gasteiger partial charge is 0.330 e. The van der Waals surface area contributed by atoms with Crippen molar-refractivity contribution in [2.45, 2.75) is 25.7 Å². The lowest BCUT2D eigenvalue weighted by molar-refractivity contribution is 0.0863.